The van der Waals surface area contributed by atoms with Gasteiger partial charge in [0, 0.05) is 11.4 Å². The normalized spacial score (nSPS) is 22.2. The van der Waals surface area contributed by atoms with E-state index in [-0.39, 0.29) is 6.04 Å². The number of piperidine rings is 1. The minimum atomic E-state index is -1.10. The number of nitrogens with one attached hydrogen (secondary N) is 1. The van der Waals surface area contributed by atoms with E-state index in [1.807, 2.05) is 12.1 Å². The van der Waals surface area contributed by atoms with Crippen LogP contribution in [0.25, 0.3) is 11.0 Å². The Kier molecular flexibility index (Phi) is 3.27. The van der Waals surface area contributed by atoms with Crippen LogP contribution in [0.3, 0.4) is 0 Å². The number of fused-ring (bicyclic) bond motifs is 1. The zero-order valence-corrected chi connectivity index (χ0v) is 10.7. The summed E-state index contributed by atoms with van der Waals surface area (Å²) < 4.78 is 20.0. The summed E-state index contributed by atoms with van der Waals surface area (Å²) >= 11 is 6.03. The molecule has 0 saturated carbocycles. The predicted octanol–water partition coefficient (Wildman–Crippen LogP) is 4.24. The Labute approximate surface area is 110 Å². The number of hydrogen-bond donors (Lipinski definition) is 1. The van der Waals surface area contributed by atoms with Crippen molar-refractivity contribution in [2.75, 3.05) is 6.54 Å². The second-order valence-corrected chi connectivity index (χ2v) is 5.17. The molecule has 2 atom stereocenters. The lowest BCUT2D eigenvalue weighted by molar-refractivity contribution is 0.195. The van der Waals surface area contributed by atoms with Crippen molar-refractivity contribution in [3.05, 3.63) is 35.0 Å². The molecule has 1 N–H and O–H groups in total. The molecule has 2 unspecified atom stereocenters. The van der Waals surface area contributed by atoms with Gasteiger partial charge in [-0.15, -0.1) is 0 Å². The van der Waals surface area contributed by atoms with Crippen LogP contribution in [-0.4, -0.2) is 12.6 Å². The molecule has 2 heterocycles. The summed E-state index contributed by atoms with van der Waals surface area (Å²) in [5, 5.41) is 4.60. The van der Waals surface area contributed by atoms with E-state index in [2.05, 4.69) is 5.32 Å². The highest BCUT2D eigenvalue weighted by atomic mass is 35.5. The van der Waals surface area contributed by atoms with Crippen molar-refractivity contribution in [3.63, 3.8) is 0 Å². The maximum absolute atomic E-state index is 14.4. The Morgan fingerprint density at radius 1 is 1.39 bits per heavy atom. The van der Waals surface area contributed by atoms with E-state index >= 15 is 0 Å². The lowest BCUT2D eigenvalue weighted by atomic mass is 9.99. The molecule has 3 rings (SSSR count). The van der Waals surface area contributed by atoms with Crippen LogP contribution in [0.1, 0.15) is 31.2 Å². The van der Waals surface area contributed by atoms with Gasteiger partial charge in [-0.3, -0.25) is 0 Å². The number of alkyl halides is 1. The van der Waals surface area contributed by atoms with E-state index in [9.17, 15) is 4.39 Å². The Morgan fingerprint density at radius 3 is 3.00 bits per heavy atom. The number of hydrogen-bond acceptors (Lipinski definition) is 2. The van der Waals surface area contributed by atoms with E-state index in [0.717, 1.165) is 31.2 Å². The van der Waals surface area contributed by atoms with Crippen molar-refractivity contribution >= 4 is 22.6 Å². The summed E-state index contributed by atoms with van der Waals surface area (Å²) in [4.78, 5) is 0. The second kappa shape index (κ2) is 4.90. The predicted molar refractivity (Wildman–Crippen MR) is 70.7 cm³/mol. The lowest BCUT2D eigenvalue weighted by Gasteiger charge is -2.25. The van der Waals surface area contributed by atoms with Gasteiger partial charge >= 0.3 is 0 Å². The maximum Gasteiger partial charge on any atom is 0.173 e. The van der Waals surface area contributed by atoms with Gasteiger partial charge in [-0.2, -0.15) is 0 Å². The van der Waals surface area contributed by atoms with E-state index in [4.69, 9.17) is 16.0 Å². The summed E-state index contributed by atoms with van der Waals surface area (Å²) in [7, 11) is 0. The molecule has 0 spiro atoms. The average molecular weight is 268 g/mol. The van der Waals surface area contributed by atoms with Crippen LogP contribution in [0.15, 0.2) is 28.7 Å². The van der Waals surface area contributed by atoms with E-state index < -0.39 is 6.17 Å². The van der Waals surface area contributed by atoms with E-state index in [1.165, 1.54) is 0 Å². The van der Waals surface area contributed by atoms with Gasteiger partial charge in [-0.05, 0) is 31.5 Å². The molecule has 4 heteroatoms. The largest absolute Gasteiger partial charge is 0.456 e. The first-order valence-electron chi connectivity index (χ1n) is 6.31. The van der Waals surface area contributed by atoms with Crippen LogP contribution >= 0.6 is 11.6 Å². The highest BCUT2D eigenvalue weighted by Crippen LogP contribution is 2.33. The summed E-state index contributed by atoms with van der Waals surface area (Å²) in [6.45, 7) is 0.881. The Balaban J connectivity index is 1.91. The van der Waals surface area contributed by atoms with Gasteiger partial charge in [-0.25, -0.2) is 4.39 Å². The van der Waals surface area contributed by atoms with Crippen LogP contribution in [0, 0.1) is 0 Å². The van der Waals surface area contributed by atoms with Gasteiger partial charge < -0.3 is 9.73 Å². The minimum absolute atomic E-state index is 0.141. The smallest absolute Gasteiger partial charge is 0.173 e. The average Bonchev–Trinajstić information content (AvgIpc) is 2.84. The van der Waals surface area contributed by atoms with Crippen LogP contribution in [0.4, 0.5) is 4.39 Å². The highest BCUT2D eigenvalue weighted by Gasteiger charge is 2.27. The fraction of sp³-hybridized carbons (Fsp3) is 0.429. The molecule has 18 heavy (non-hydrogen) atoms. The van der Waals surface area contributed by atoms with Crippen molar-refractivity contribution in [1.82, 2.24) is 5.32 Å². The number of rotatable bonds is 2. The topological polar surface area (TPSA) is 25.2 Å². The second-order valence-electron chi connectivity index (χ2n) is 4.77. The van der Waals surface area contributed by atoms with Crippen molar-refractivity contribution in [2.45, 2.75) is 31.5 Å². The summed E-state index contributed by atoms with van der Waals surface area (Å²) in [5.41, 5.74) is 0.577. The van der Waals surface area contributed by atoms with Gasteiger partial charge in [0.25, 0.3) is 0 Å². The first kappa shape index (κ1) is 12.0. The van der Waals surface area contributed by atoms with Crippen LogP contribution < -0.4 is 5.32 Å². The molecule has 0 aliphatic carbocycles. The zero-order chi connectivity index (χ0) is 12.5. The monoisotopic (exact) mass is 267 g/mol. The number of furan rings is 1. The van der Waals surface area contributed by atoms with Gasteiger partial charge in [0.1, 0.15) is 5.76 Å². The highest BCUT2D eigenvalue weighted by molar-refractivity contribution is 6.34. The summed E-state index contributed by atoms with van der Waals surface area (Å²) in [6, 6.07) is 7.09. The number of benzene rings is 1. The molecule has 1 aliphatic heterocycles. The molecular formula is C14H15ClFNO. The first-order chi connectivity index (χ1) is 8.75. The summed E-state index contributed by atoms with van der Waals surface area (Å²) in [6.07, 6.45) is 1.94. The van der Waals surface area contributed by atoms with Crippen molar-refractivity contribution in [1.29, 1.82) is 0 Å². The van der Waals surface area contributed by atoms with Gasteiger partial charge in [0.15, 0.2) is 11.8 Å². The van der Waals surface area contributed by atoms with Crippen molar-refractivity contribution < 1.29 is 8.81 Å². The van der Waals surface area contributed by atoms with Crippen molar-refractivity contribution in [3.8, 4) is 0 Å². The van der Waals surface area contributed by atoms with Gasteiger partial charge in [-0.1, -0.05) is 30.2 Å². The minimum Gasteiger partial charge on any atom is -0.456 e. The van der Waals surface area contributed by atoms with E-state index in [1.54, 1.807) is 12.1 Å². The molecular weight excluding hydrogens is 253 g/mol. The van der Waals surface area contributed by atoms with E-state index in [0.29, 0.717) is 16.4 Å². The summed E-state index contributed by atoms with van der Waals surface area (Å²) in [5.74, 6) is 0.373. The molecule has 2 nitrogen and oxygen atoms in total. The molecule has 96 valence electrons. The fourth-order valence-electron chi connectivity index (χ4n) is 2.51. The molecule has 1 aromatic heterocycles. The molecule has 0 bridgehead atoms. The Hall–Kier alpha value is -1.06. The quantitative estimate of drug-likeness (QED) is 0.880. The fourth-order valence-corrected chi connectivity index (χ4v) is 2.73. The number of halogens is 2. The van der Waals surface area contributed by atoms with Gasteiger partial charge in [0.2, 0.25) is 0 Å². The van der Waals surface area contributed by atoms with Crippen LogP contribution in [0.2, 0.25) is 5.02 Å². The first-order valence-corrected chi connectivity index (χ1v) is 6.69. The Morgan fingerprint density at radius 2 is 2.28 bits per heavy atom. The molecule has 0 radical (unpaired) electrons. The third-order valence-electron chi connectivity index (χ3n) is 3.49. The van der Waals surface area contributed by atoms with Gasteiger partial charge in [0.05, 0.1) is 5.02 Å². The third kappa shape index (κ3) is 2.13. The molecule has 1 aromatic carbocycles. The lowest BCUT2D eigenvalue weighted by Crippen LogP contribution is -2.37. The number of para-hydroxylation sites is 1. The maximum atomic E-state index is 14.4. The molecule has 1 fully saturated rings. The third-order valence-corrected chi connectivity index (χ3v) is 3.79. The Bertz CT molecular complexity index is 548. The zero-order valence-electron chi connectivity index (χ0n) is 9.96. The standard InChI is InChI=1S/C14H15ClFNO/c15-10-5-3-4-9-8-12(18-14(9)10)13(16)11-6-1-2-7-17-11/h3-5,8,11,13,17H,1-2,6-7H2. The molecule has 0 amide bonds. The molecule has 1 saturated heterocycles. The van der Waals surface area contributed by atoms with Crippen molar-refractivity contribution in [2.24, 2.45) is 0 Å². The molecule has 1 aliphatic rings. The van der Waals surface area contributed by atoms with Crippen LogP contribution in [0.5, 0.6) is 0 Å². The molecule has 2 aromatic rings. The SMILES string of the molecule is FC(c1cc2cccc(Cl)c2o1)C1CCCCN1. The van der Waals surface area contributed by atoms with Crippen LogP contribution in [-0.2, 0) is 0 Å².